The first-order valence-electron chi connectivity index (χ1n) is 11.0. The molecule has 3 rings (SSSR count). The van der Waals surface area contributed by atoms with Gasteiger partial charge in [-0.05, 0) is 30.5 Å². The van der Waals surface area contributed by atoms with Crippen LogP contribution in [0.3, 0.4) is 0 Å². The molecule has 162 valence electrons. The lowest BCUT2D eigenvalue weighted by Gasteiger charge is -2.23. The van der Waals surface area contributed by atoms with E-state index in [0.29, 0.717) is 6.54 Å². The van der Waals surface area contributed by atoms with Crippen molar-refractivity contribution in [3.8, 4) is 0 Å². The van der Waals surface area contributed by atoms with Gasteiger partial charge in [0.25, 0.3) is 0 Å². The van der Waals surface area contributed by atoms with Gasteiger partial charge in [0.1, 0.15) is 5.82 Å². The molecule has 2 aromatic heterocycles. The molecule has 0 aliphatic carbocycles. The van der Waals surface area contributed by atoms with E-state index < -0.39 is 0 Å². The molecule has 0 aliphatic heterocycles. The molecule has 0 fully saturated rings. The Morgan fingerprint density at radius 3 is 2.43 bits per heavy atom. The molecule has 0 aliphatic rings. The maximum Gasteiger partial charge on any atom is 0.229 e. The summed E-state index contributed by atoms with van der Waals surface area (Å²) in [7, 11) is 1.93. The van der Waals surface area contributed by atoms with Crippen LogP contribution in [0.25, 0.3) is 11.0 Å². The first kappa shape index (κ1) is 22.3. The zero-order valence-electron chi connectivity index (χ0n) is 18.4. The number of aromatic nitrogens is 4. The van der Waals surface area contributed by atoms with E-state index in [1.807, 2.05) is 42.2 Å². The second-order valence-electron chi connectivity index (χ2n) is 7.76. The molecular weight excluding hydrogens is 396 g/mol. The van der Waals surface area contributed by atoms with Gasteiger partial charge in [0.05, 0.1) is 11.6 Å². The Labute approximate surface area is 184 Å². The van der Waals surface area contributed by atoms with Gasteiger partial charge in [-0.1, -0.05) is 63.3 Å². The average Bonchev–Trinajstić information content (AvgIpc) is 3.13. The van der Waals surface area contributed by atoms with Gasteiger partial charge in [-0.2, -0.15) is 15.1 Å². The summed E-state index contributed by atoms with van der Waals surface area (Å²) in [6.07, 6.45) is 9.05. The topological polar surface area (TPSA) is 58.9 Å². The Kier molecular flexibility index (Phi) is 8.31. The SMILES string of the molecule is CCCCCCN(CCCC)c1nc(NCc2ccc(Cl)cc2)c2cnn(C)c2n1. The second kappa shape index (κ2) is 11.2. The number of rotatable bonds is 12. The molecular formula is C23H33ClN6. The number of fused-ring (bicyclic) bond motifs is 1. The first-order valence-corrected chi connectivity index (χ1v) is 11.4. The van der Waals surface area contributed by atoms with Crippen molar-refractivity contribution in [2.24, 2.45) is 7.05 Å². The minimum Gasteiger partial charge on any atom is -0.365 e. The third-order valence-electron chi connectivity index (χ3n) is 5.30. The van der Waals surface area contributed by atoms with E-state index >= 15 is 0 Å². The summed E-state index contributed by atoms with van der Waals surface area (Å²) >= 11 is 6.01. The molecule has 3 aromatic rings. The molecule has 0 radical (unpaired) electrons. The van der Waals surface area contributed by atoms with Crippen LogP contribution in [0.2, 0.25) is 5.02 Å². The molecule has 0 spiro atoms. The van der Waals surface area contributed by atoms with Crippen molar-refractivity contribution in [2.75, 3.05) is 23.3 Å². The van der Waals surface area contributed by atoms with Gasteiger partial charge in [0.2, 0.25) is 5.95 Å². The third-order valence-corrected chi connectivity index (χ3v) is 5.55. The lowest BCUT2D eigenvalue weighted by Crippen LogP contribution is -2.28. The average molecular weight is 429 g/mol. The number of halogens is 1. The van der Waals surface area contributed by atoms with Crippen molar-refractivity contribution in [2.45, 2.75) is 58.9 Å². The van der Waals surface area contributed by atoms with E-state index in [1.54, 1.807) is 0 Å². The number of anilines is 2. The van der Waals surface area contributed by atoms with Crippen LogP contribution < -0.4 is 10.2 Å². The molecule has 0 saturated heterocycles. The minimum absolute atomic E-state index is 0.670. The van der Waals surface area contributed by atoms with Crippen LogP contribution in [-0.2, 0) is 13.6 Å². The smallest absolute Gasteiger partial charge is 0.229 e. The van der Waals surface area contributed by atoms with Crippen LogP contribution in [0.1, 0.15) is 57.9 Å². The molecule has 0 bridgehead atoms. The van der Waals surface area contributed by atoms with Crippen molar-refractivity contribution >= 4 is 34.4 Å². The highest BCUT2D eigenvalue weighted by Gasteiger charge is 2.16. The standard InChI is InChI=1S/C23H33ClN6/c1-4-6-8-9-15-30(14-7-5-2)23-27-21(20-17-26-29(3)22(20)28-23)25-16-18-10-12-19(24)13-11-18/h10-13,17H,4-9,14-16H2,1-3H3,(H,25,27,28). The summed E-state index contributed by atoms with van der Waals surface area (Å²) in [6.45, 7) is 7.10. The Morgan fingerprint density at radius 2 is 1.70 bits per heavy atom. The van der Waals surface area contributed by atoms with Crippen LogP contribution in [0.5, 0.6) is 0 Å². The monoisotopic (exact) mass is 428 g/mol. The second-order valence-corrected chi connectivity index (χ2v) is 8.20. The van der Waals surface area contributed by atoms with E-state index in [2.05, 4.69) is 29.2 Å². The summed E-state index contributed by atoms with van der Waals surface area (Å²) < 4.78 is 1.82. The zero-order valence-corrected chi connectivity index (χ0v) is 19.1. The van der Waals surface area contributed by atoms with Gasteiger partial charge in [-0.25, -0.2) is 0 Å². The summed E-state index contributed by atoms with van der Waals surface area (Å²) in [5.41, 5.74) is 2.01. The van der Waals surface area contributed by atoms with Crippen LogP contribution in [0, 0.1) is 0 Å². The lowest BCUT2D eigenvalue weighted by atomic mass is 10.2. The Hall–Kier alpha value is -2.34. The quantitative estimate of drug-likeness (QED) is 0.368. The molecule has 30 heavy (non-hydrogen) atoms. The van der Waals surface area contributed by atoms with Gasteiger partial charge in [0.15, 0.2) is 5.65 Å². The molecule has 1 N–H and O–H groups in total. The Morgan fingerprint density at radius 1 is 0.967 bits per heavy atom. The van der Waals surface area contributed by atoms with E-state index in [9.17, 15) is 0 Å². The fourth-order valence-electron chi connectivity index (χ4n) is 3.47. The lowest BCUT2D eigenvalue weighted by molar-refractivity contribution is 0.621. The first-order chi connectivity index (χ1) is 14.6. The number of nitrogens with one attached hydrogen (secondary N) is 1. The maximum atomic E-state index is 6.01. The van der Waals surface area contributed by atoms with Crippen LogP contribution in [0.15, 0.2) is 30.5 Å². The predicted octanol–water partition coefficient (Wildman–Crippen LogP) is 5.82. The molecule has 6 nitrogen and oxygen atoms in total. The minimum atomic E-state index is 0.670. The highest BCUT2D eigenvalue weighted by atomic mass is 35.5. The maximum absolute atomic E-state index is 6.01. The Balaban J connectivity index is 1.85. The van der Waals surface area contributed by atoms with E-state index in [0.717, 1.165) is 65.7 Å². The summed E-state index contributed by atoms with van der Waals surface area (Å²) in [5.74, 6) is 1.61. The number of hydrogen-bond donors (Lipinski definition) is 1. The number of benzene rings is 1. The fraction of sp³-hybridized carbons (Fsp3) is 0.522. The van der Waals surface area contributed by atoms with Crippen molar-refractivity contribution in [1.82, 2.24) is 19.7 Å². The van der Waals surface area contributed by atoms with Crippen LogP contribution >= 0.6 is 11.6 Å². The summed E-state index contributed by atoms with van der Waals surface area (Å²) in [4.78, 5) is 12.1. The van der Waals surface area contributed by atoms with Gasteiger partial charge in [0, 0.05) is 31.7 Å². The molecule has 0 amide bonds. The molecule has 1 aromatic carbocycles. The zero-order chi connectivity index (χ0) is 21.3. The number of unbranched alkanes of at least 4 members (excludes halogenated alkanes) is 4. The number of nitrogens with zero attached hydrogens (tertiary/aromatic N) is 5. The largest absolute Gasteiger partial charge is 0.365 e. The summed E-state index contributed by atoms with van der Waals surface area (Å²) in [5, 5.41) is 9.58. The highest BCUT2D eigenvalue weighted by Crippen LogP contribution is 2.24. The number of aryl methyl sites for hydroxylation is 1. The molecule has 0 saturated carbocycles. The van der Waals surface area contributed by atoms with Gasteiger partial charge >= 0.3 is 0 Å². The van der Waals surface area contributed by atoms with Crippen molar-refractivity contribution in [3.63, 3.8) is 0 Å². The van der Waals surface area contributed by atoms with Gasteiger partial charge < -0.3 is 10.2 Å². The third kappa shape index (κ3) is 5.85. The van der Waals surface area contributed by atoms with Crippen molar-refractivity contribution in [3.05, 3.63) is 41.0 Å². The van der Waals surface area contributed by atoms with Crippen molar-refractivity contribution < 1.29 is 0 Å². The van der Waals surface area contributed by atoms with E-state index in [1.165, 1.54) is 19.3 Å². The van der Waals surface area contributed by atoms with Crippen molar-refractivity contribution in [1.29, 1.82) is 0 Å². The Bertz CT molecular complexity index is 921. The van der Waals surface area contributed by atoms with Crippen LogP contribution in [-0.4, -0.2) is 32.8 Å². The molecule has 2 heterocycles. The number of hydrogen-bond acceptors (Lipinski definition) is 5. The molecule has 7 heteroatoms. The fourth-order valence-corrected chi connectivity index (χ4v) is 3.59. The molecule has 0 unspecified atom stereocenters. The predicted molar refractivity (Wildman–Crippen MR) is 126 cm³/mol. The van der Waals surface area contributed by atoms with Gasteiger partial charge in [-0.3, -0.25) is 4.68 Å². The highest BCUT2D eigenvalue weighted by molar-refractivity contribution is 6.30. The van der Waals surface area contributed by atoms with Gasteiger partial charge in [-0.15, -0.1) is 0 Å². The van der Waals surface area contributed by atoms with E-state index in [-0.39, 0.29) is 0 Å². The van der Waals surface area contributed by atoms with Crippen LogP contribution in [0.4, 0.5) is 11.8 Å². The molecule has 0 atom stereocenters. The van der Waals surface area contributed by atoms with E-state index in [4.69, 9.17) is 21.6 Å². The normalized spacial score (nSPS) is 11.2. The summed E-state index contributed by atoms with van der Waals surface area (Å²) in [6, 6.07) is 7.87.